The lowest BCUT2D eigenvalue weighted by Gasteiger charge is -2.26. The smallest absolute Gasteiger partial charge is 0.295 e. The summed E-state index contributed by atoms with van der Waals surface area (Å²) in [5.74, 6) is -0.281. The molecule has 0 aromatic heterocycles. The molecule has 186 valence electrons. The van der Waals surface area contributed by atoms with Gasteiger partial charge in [0.25, 0.3) is 11.7 Å². The average molecular weight is 486 g/mol. The van der Waals surface area contributed by atoms with Crippen molar-refractivity contribution >= 4 is 17.4 Å². The summed E-state index contributed by atoms with van der Waals surface area (Å²) in [5.41, 5.74) is 2.09. The molecule has 0 radical (unpaired) electrons. The van der Waals surface area contributed by atoms with Gasteiger partial charge in [0.05, 0.1) is 25.3 Å². The van der Waals surface area contributed by atoms with E-state index < -0.39 is 17.7 Å². The normalized spacial score (nSPS) is 16.8. The third kappa shape index (κ3) is 5.43. The minimum absolute atomic E-state index is 0.0595. The quantitative estimate of drug-likeness (QED) is 0.168. The third-order valence-electron chi connectivity index (χ3n) is 6.29. The Balaban J connectivity index is 1.76. The summed E-state index contributed by atoms with van der Waals surface area (Å²) >= 11 is 0. The molecule has 3 aromatic carbocycles. The molecule has 6 heteroatoms. The molecule has 0 bridgehead atoms. The van der Waals surface area contributed by atoms with Crippen LogP contribution in [0.25, 0.3) is 5.76 Å². The number of likely N-dealkylation sites (tertiary alicyclic amines) is 1. The van der Waals surface area contributed by atoms with Crippen LogP contribution in [0.15, 0.2) is 84.4 Å². The Morgan fingerprint density at radius 1 is 0.917 bits per heavy atom. The highest BCUT2D eigenvalue weighted by Gasteiger charge is 2.46. The average Bonchev–Trinajstić information content (AvgIpc) is 3.16. The monoisotopic (exact) mass is 485 g/mol. The maximum Gasteiger partial charge on any atom is 0.295 e. The van der Waals surface area contributed by atoms with E-state index >= 15 is 0 Å². The highest BCUT2D eigenvalue weighted by atomic mass is 16.5. The molecule has 0 saturated carbocycles. The molecule has 1 saturated heterocycles. The predicted octanol–water partition coefficient (Wildman–Crippen LogP) is 5.89. The number of amides is 1. The summed E-state index contributed by atoms with van der Waals surface area (Å²) < 4.78 is 11.1. The number of aliphatic hydroxyl groups is 1. The second kappa shape index (κ2) is 11.6. The number of carbonyl (C=O) groups excluding carboxylic acids is 2. The van der Waals surface area contributed by atoms with E-state index in [1.54, 1.807) is 31.4 Å². The van der Waals surface area contributed by atoms with Crippen molar-refractivity contribution in [1.82, 2.24) is 4.90 Å². The van der Waals surface area contributed by atoms with Crippen molar-refractivity contribution in [2.24, 2.45) is 0 Å². The van der Waals surface area contributed by atoms with Gasteiger partial charge in [-0.3, -0.25) is 9.59 Å². The maximum absolute atomic E-state index is 13.3. The van der Waals surface area contributed by atoms with Crippen molar-refractivity contribution in [3.8, 4) is 11.5 Å². The molecule has 1 N–H and O–H groups in total. The van der Waals surface area contributed by atoms with Crippen LogP contribution in [-0.2, 0) is 16.1 Å². The third-order valence-corrected chi connectivity index (χ3v) is 6.29. The number of hydrogen-bond acceptors (Lipinski definition) is 5. The SMILES string of the molecule is CCCCCOc1cccc(C2/C(=C(\O)c3ccc(OC)cc3)C(=O)C(=O)N2Cc2ccccc2)c1. The second-order valence-corrected chi connectivity index (χ2v) is 8.77. The number of benzene rings is 3. The fourth-order valence-corrected chi connectivity index (χ4v) is 4.39. The van der Waals surface area contributed by atoms with Crippen LogP contribution in [0.1, 0.15) is 48.9 Å². The first-order valence-corrected chi connectivity index (χ1v) is 12.2. The van der Waals surface area contributed by atoms with Crippen molar-refractivity contribution in [2.75, 3.05) is 13.7 Å². The fraction of sp³-hybridized carbons (Fsp3) is 0.267. The van der Waals surface area contributed by atoms with Gasteiger partial charge >= 0.3 is 0 Å². The number of Topliss-reactive ketones (excluding diaryl/α,β-unsaturated/α-hetero) is 1. The largest absolute Gasteiger partial charge is 0.507 e. The summed E-state index contributed by atoms with van der Waals surface area (Å²) in [5, 5.41) is 11.3. The molecule has 1 aliphatic rings. The van der Waals surface area contributed by atoms with Crippen molar-refractivity contribution < 1.29 is 24.2 Å². The van der Waals surface area contributed by atoms with Gasteiger partial charge < -0.3 is 19.5 Å². The Bertz CT molecular complexity index is 1230. The van der Waals surface area contributed by atoms with Gasteiger partial charge in [-0.25, -0.2) is 0 Å². The Labute approximate surface area is 211 Å². The molecule has 1 atom stereocenters. The lowest BCUT2D eigenvalue weighted by molar-refractivity contribution is -0.140. The van der Waals surface area contributed by atoms with Crippen LogP contribution in [0.3, 0.4) is 0 Å². The molecule has 0 aliphatic carbocycles. The lowest BCUT2D eigenvalue weighted by Crippen LogP contribution is -2.29. The van der Waals surface area contributed by atoms with E-state index in [2.05, 4.69) is 6.92 Å². The van der Waals surface area contributed by atoms with E-state index in [0.29, 0.717) is 29.2 Å². The number of unbranched alkanes of at least 4 members (excludes halogenated alkanes) is 2. The Hall–Kier alpha value is -4.06. The van der Waals surface area contributed by atoms with Crippen molar-refractivity contribution in [3.05, 3.63) is 101 Å². The maximum atomic E-state index is 13.3. The van der Waals surface area contributed by atoms with E-state index in [1.807, 2.05) is 54.6 Å². The first kappa shape index (κ1) is 25.0. The molecule has 6 nitrogen and oxygen atoms in total. The highest BCUT2D eigenvalue weighted by molar-refractivity contribution is 6.46. The predicted molar refractivity (Wildman–Crippen MR) is 139 cm³/mol. The van der Waals surface area contributed by atoms with E-state index in [0.717, 1.165) is 24.8 Å². The van der Waals surface area contributed by atoms with E-state index in [1.165, 1.54) is 4.90 Å². The highest BCUT2D eigenvalue weighted by Crippen LogP contribution is 2.41. The van der Waals surface area contributed by atoms with Gasteiger partial charge in [-0.1, -0.05) is 62.2 Å². The van der Waals surface area contributed by atoms with Crippen molar-refractivity contribution in [3.63, 3.8) is 0 Å². The van der Waals surface area contributed by atoms with Gasteiger partial charge in [-0.2, -0.15) is 0 Å². The molecule has 1 fully saturated rings. The second-order valence-electron chi connectivity index (χ2n) is 8.77. The zero-order valence-electron chi connectivity index (χ0n) is 20.6. The van der Waals surface area contributed by atoms with Crippen LogP contribution >= 0.6 is 0 Å². The first-order valence-electron chi connectivity index (χ1n) is 12.2. The van der Waals surface area contributed by atoms with Crippen LogP contribution in [0.4, 0.5) is 0 Å². The summed E-state index contributed by atoms with van der Waals surface area (Å²) in [6, 6.07) is 22.9. The molecule has 1 aliphatic heterocycles. The fourth-order valence-electron chi connectivity index (χ4n) is 4.39. The Morgan fingerprint density at radius 2 is 1.67 bits per heavy atom. The minimum atomic E-state index is -0.758. The number of ether oxygens (including phenoxy) is 2. The number of ketones is 1. The molecule has 1 heterocycles. The van der Waals surface area contributed by atoms with Crippen molar-refractivity contribution in [2.45, 2.75) is 38.8 Å². The summed E-state index contributed by atoms with van der Waals surface area (Å²) in [6.45, 7) is 2.96. The number of aliphatic hydroxyl groups excluding tert-OH is 1. The standard InChI is InChI=1S/C30H31NO5/c1-3-4-8-18-36-25-13-9-12-23(19-25)27-26(28(32)22-14-16-24(35-2)17-15-22)29(33)30(34)31(27)20-21-10-6-5-7-11-21/h5-7,9-17,19,27,32H,3-4,8,18,20H2,1-2H3/b28-26+. The summed E-state index contributed by atoms with van der Waals surface area (Å²) in [6.07, 6.45) is 3.13. The number of methoxy groups -OCH3 is 1. The van der Waals surface area contributed by atoms with Crippen LogP contribution < -0.4 is 9.47 Å². The van der Waals surface area contributed by atoms with Crippen LogP contribution in [-0.4, -0.2) is 35.4 Å². The molecular weight excluding hydrogens is 454 g/mol. The molecule has 0 spiro atoms. The van der Waals surface area contributed by atoms with Gasteiger partial charge in [0.2, 0.25) is 0 Å². The summed E-state index contributed by atoms with van der Waals surface area (Å²) in [7, 11) is 1.56. The number of hydrogen-bond donors (Lipinski definition) is 1. The molecular formula is C30H31NO5. The summed E-state index contributed by atoms with van der Waals surface area (Å²) in [4.78, 5) is 28.1. The van der Waals surface area contributed by atoms with Crippen LogP contribution in [0, 0.1) is 0 Å². The molecule has 3 aromatic rings. The zero-order valence-corrected chi connectivity index (χ0v) is 20.6. The van der Waals surface area contributed by atoms with Crippen molar-refractivity contribution in [1.29, 1.82) is 0 Å². The van der Waals surface area contributed by atoms with Crippen LogP contribution in [0.5, 0.6) is 11.5 Å². The van der Waals surface area contributed by atoms with Gasteiger partial charge in [0.15, 0.2) is 0 Å². The minimum Gasteiger partial charge on any atom is -0.507 e. The van der Waals surface area contributed by atoms with Gasteiger partial charge in [0, 0.05) is 12.1 Å². The zero-order chi connectivity index (χ0) is 25.5. The Kier molecular flexibility index (Phi) is 8.06. The Morgan fingerprint density at radius 3 is 2.36 bits per heavy atom. The first-order chi connectivity index (χ1) is 17.5. The number of carbonyl (C=O) groups is 2. The molecule has 4 rings (SSSR count). The molecule has 1 amide bonds. The van der Waals surface area contributed by atoms with Gasteiger partial charge in [-0.05, 0) is 53.9 Å². The molecule has 36 heavy (non-hydrogen) atoms. The lowest BCUT2D eigenvalue weighted by atomic mass is 9.95. The van der Waals surface area contributed by atoms with E-state index in [4.69, 9.17) is 9.47 Å². The van der Waals surface area contributed by atoms with Gasteiger partial charge in [-0.15, -0.1) is 0 Å². The number of nitrogens with zero attached hydrogens (tertiary/aromatic N) is 1. The van der Waals surface area contributed by atoms with E-state index in [9.17, 15) is 14.7 Å². The topological polar surface area (TPSA) is 76.1 Å². The molecule has 1 unspecified atom stereocenters. The van der Waals surface area contributed by atoms with Crippen LogP contribution in [0.2, 0.25) is 0 Å². The number of rotatable bonds is 10. The van der Waals surface area contributed by atoms with E-state index in [-0.39, 0.29) is 17.9 Å². The van der Waals surface area contributed by atoms with Gasteiger partial charge in [0.1, 0.15) is 17.3 Å².